The Balaban J connectivity index is 1.94. The highest BCUT2D eigenvalue weighted by molar-refractivity contribution is 5.11. The van der Waals surface area contributed by atoms with E-state index in [9.17, 15) is 5.11 Å². The molecule has 1 aliphatic rings. The van der Waals surface area contributed by atoms with E-state index >= 15 is 0 Å². The van der Waals surface area contributed by atoms with Gasteiger partial charge in [0.15, 0.2) is 0 Å². The smallest absolute Gasteiger partial charge is 0.110 e. The predicted octanol–water partition coefficient (Wildman–Crippen LogP) is 2.54. The summed E-state index contributed by atoms with van der Waals surface area (Å²) in [6, 6.07) is 3.97. The molecule has 0 radical (unpaired) electrons. The molecule has 3 heteroatoms. The van der Waals surface area contributed by atoms with Gasteiger partial charge in [-0.3, -0.25) is 0 Å². The highest BCUT2D eigenvalue weighted by Crippen LogP contribution is 2.21. The number of aliphatic hydroxyl groups excluding tert-OH is 1. The molecular weight excluding hydrogens is 214 g/mol. The Hall–Kier alpha value is -0.800. The molecule has 1 aromatic rings. The van der Waals surface area contributed by atoms with Crippen molar-refractivity contribution in [2.75, 3.05) is 26.2 Å². The summed E-state index contributed by atoms with van der Waals surface area (Å²) in [5.41, 5.74) is 0. The van der Waals surface area contributed by atoms with Gasteiger partial charge in [-0.15, -0.1) is 0 Å². The molecule has 0 saturated carbocycles. The molecule has 96 valence electrons. The lowest BCUT2D eigenvalue weighted by atomic mass is 10.1. The quantitative estimate of drug-likeness (QED) is 0.874. The third-order valence-corrected chi connectivity index (χ3v) is 3.56. The summed E-state index contributed by atoms with van der Waals surface area (Å²) in [6.07, 6.45) is 5.27. The Morgan fingerprint density at radius 2 is 1.94 bits per heavy atom. The molecule has 0 spiro atoms. The number of aliphatic hydroxyl groups is 1. The Morgan fingerprint density at radius 1 is 1.24 bits per heavy atom. The van der Waals surface area contributed by atoms with Crippen molar-refractivity contribution in [2.45, 2.75) is 38.5 Å². The number of hydrogen-bond acceptors (Lipinski definition) is 3. The maximum Gasteiger partial charge on any atom is 0.110 e. The summed E-state index contributed by atoms with van der Waals surface area (Å²) in [5.74, 6) is 1.98. The second-order valence-corrected chi connectivity index (χ2v) is 5.04. The molecule has 1 aliphatic heterocycles. The maximum atomic E-state index is 9.50. The number of likely N-dealkylation sites (tertiary alicyclic amines) is 1. The number of furan rings is 1. The van der Waals surface area contributed by atoms with Crippen LogP contribution in [0.1, 0.15) is 43.1 Å². The van der Waals surface area contributed by atoms with Gasteiger partial charge < -0.3 is 14.4 Å². The third kappa shape index (κ3) is 3.58. The highest BCUT2D eigenvalue weighted by Gasteiger charge is 2.19. The van der Waals surface area contributed by atoms with Crippen LogP contribution in [0.5, 0.6) is 0 Å². The van der Waals surface area contributed by atoms with Gasteiger partial charge >= 0.3 is 0 Å². The zero-order chi connectivity index (χ0) is 12.1. The molecule has 3 nitrogen and oxygen atoms in total. The van der Waals surface area contributed by atoms with Gasteiger partial charge in [0, 0.05) is 6.54 Å². The second-order valence-electron chi connectivity index (χ2n) is 5.04. The van der Waals surface area contributed by atoms with Crippen LogP contribution in [0.2, 0.25) is 0 Å². The molecule has 1 N–H and O–H groups in total. The Kier molecular flexibility index (Phi) is 4.63. The van der Waals surface area contributed by atoms with Crippen molar-refractivity contribution in [3.8, 4) is 0 Å². The molecule has 0 aliphatic carbocycles. The first-order chi connectivity index (χ1) is 8.29. The molecule has 1 atom stereocenters. The van der Waals surface area contributed by atoms with Crippen LogP contribution in [0.25, 0.3) is 0 Å². The zero-order valence-corrected chi connectivity index (χ0v) is 10.7. The summed E-state index contributed by atoms with van der Waals surface area (Å²) in [7, 11) is 0. The summed E-state index contributed by atoms with van der Waals surface area (Å²) < 4.78 is 5.62. The minimum Gasteiger partial charge on any atom is -0.466 e. The van der Waals surface area contributed by atoms with Crippen molar-refractivity contribution in [3.05, 3.63) is 23.7 Å². The molecule has 17 heavy (non-hydrogen) atoms. The lowest BCUT2D eigenvalue weighted by molar-refractivity contribution is 0.189. The lowest BCUT2D eigenvalue weighted by Crippen LogP contribution is -2.30. The average molecular weight is 237 g/mol. The van der Waals surface area contributed by atoms with Crippen LogP contribution in [-0.4, -0.2) is 36.2 Å². The van der Waals surface area contributed by atoms with Crippen molar-refractivity contribution >= 4 is 0 Å². The Bertz CT molecular complexity index is 327. The second kappa shape index (κ2) is 6.22. The lowest BCUT2D eigenvalue weighted by Gasteiger charge is -2.23. The van der Waals surface area contributed by atoms with Gasteiger partial charge in [-0.1, -0.05) is 12.8 Å². The van der Waals surface area contributed by atoms with E-state index in [4.69, 9.17) is 4.42 Å². The van der Waals surface area contributed by atoms with Gasteiger partial charge in [-0.2, -0.15) is 0 Å². The molecule has 2 rings (SSSR count). The highest BCUT2D eigenvalue weighted by atomic mass is 16.3. The van der Waals surface area contributed by atoms with E-state index in [1.165, 1.54) is 25.7 Å². The van der Waals surface area contributed by atoms with E-state index < -0.39 is 0 Å². The third-order valence-electron chi connectivity index (χ3n) is 3.56. The molecule has 1 unspecified atom stereocenters. The van der Waals surface area contributed by atoms with E-state index in [1.807, 2.05) is 19.1 Å². The normalized spacial score (nSPS) is 20.1. The molecule has 0 amide bonds. The number of nitrogens with zero attached hydrogens (tertiary/aromatic N) is 1. The van der Waals surface area contributed by atoms with Crippen molar-refractivity contribution < 1.29 is 9.52 Å². The number of rotatable bonds is 4. The molecular formula is C14H23NO2. The Morgan fingerprint density at radius 3 is 2.47 bits per heavy atom. The predicted molar refractivity (Wildman–Crippen MR) is 68.2 cm³/mol. The van der Waals surface area contributed by atoms with Crippen LogP contribution in [0.4, 0.5) is 0 Å². The molecule has 1 saturated heterocycles. The molecule has 1 aromatic heterocycles. The standard InChI is InChI=1S/C14H23NO2/c1-12-6-7-14(17-12)13(11-16)10-15-8-4-2-3-5-9-15/h6-7,13,16H,2-5,8-11H2,1H3. The largest absolute Gasteiger partial charge is 0.466 e. The van der Waals surface area contributed by atoms with Crippen LogP contribution in [0.15, 0.2) is 16.5 Å². The van der Waals surface area contributed by atoms with Crippen molar-refractivity contribution in [1.29, 1.82) is 0 Å². The summed E-state index contributed by atoms with van der Waals surface area (Å²) in [6.45, 7) is 5.36. The van der Waals surface area contributed by atoms with Gasteiger partial charge in [-0.05, 0) is 45.0 Å². The topological polar surface area (TPSA) is 36.6 Å². The summed E-state index contributed by atoms with van der Waals surface area (Å²) in [5, 5.41) is 9.50. The first kappa shape index (κ1) is 12.7. The van der Waals surface area contributed by atoms with Gasteiger partial charge in [0.2, 0.25) is 0 Å². The first-order valence-corrected chi connectivity index (χ1v) is 6.69. The van der Waals surface area contributed by atoms with E-state index in [2.05, 4.69) is 4.90 Å². The fourth-order valence-electron chi connectivity index (χ4n) is 2.54. The van der Waals surface area contributed by atoms with Gasteiger partial charge in [-0.25, -0.2) is 0 Å². The Labute approximate surface area is 103 Å². The minimum absolute atomic E-state index is 0.127. The van der Waals surface area contributed by atoms with Crippen LogP contribution in [0.3, 0.4) is 0 Å². The van der Waals surface area contributed by atoms with E-state index in [0.29, 0.717) is 0 Å². The number of aryl methyl sites for hydroxylation is 1. The number of hydrogen-bond donors (Lipinski definition) is 1. The van der Waals surface area contributed by atoms with E-state index in [1.54, 1.807) is 0 Å². The fraction of sp³-hybridized carbons (Fsp3) is 0.714. The fourth-order valence-corrected chi connectivity index (χ4v) is 2.54. The van der Waals surface area contributed by atoms with Gasteiger partial charge in [0.1, 0.15) is 11.5 Å². The van der Waals surface area contributed by atoms with E-state index in [-0.39, 0.29) is 12.5 Å². The molecule has 0 bridgehead atoms. The monoisotopic (exact) mass is 237 g/mol. The molecule has 0 aromatic carbocycles. The first-order valence-electron chi connectivity index (χ1n) is 6.69. The molecule has 1 fully saturated rings. The average Bonchev–Trinajstić information content (AvgIpc) is 2.62. The van der Waals surface area contributed by atoms with Crippen LogP contribution in [-0.2, 0) is 0 Å². The minimum atomic E-state index is 0.127. The summed E-state index contributed by atoms with van der Waals surface area (Å²) in [4.78, 5) is 2.46. The molecule has 2 heterocycles. The van der Waals surface area contributed by atoms with E-state index in [0.717, 1.165) is 31.2 Å². The van der Waals surface area contributed by atoms with Crippen molar-refractivity contribution in [2.24, 2.45) is 0 Å². The van der Waals surface area contributed by atoms with Crippen LogP contribution < -0.4 is 0 Å². The SMILES string of the molecule is Cc1ccc(C(CO)CN2CCCCCC2)o1. The van der Waals surface area contributed by atoms with Crippen LogP contribution >= 0.6 is 0 Å². The van der Waals surface area contributed by atoms with Gasteiger partial charge in [0.25, 0.3) is 0 Å². The van der Waals surface area contributed by atoms with Crippen molar-refractivity contribution in [1.82, 2.24) is 4.90 Å². The van der Waals surface area contributed by atoms with Gasteiger partial charge in [0.05, 0.1) is 12.5 Å². The van der Waals surface area contributed by atoms with Crippen LogP contribution in [0, 0.1) is 6.92 Å². The maximum absolute atomic E-state index is 9.50. The van der Waals surface area contributed by atoms with Crippen molar-refractivity contribution in [3.63, 3.8) is 0 Å². The zero-order valence-electron chi connectivity index (χ0n) is 10.7. The summed E-state index contributed by atoms with van der Waals surface area (Å²) >= 11 is 0.